The van der Waals surface area contributed by atoms with Gasteiger partial charge in [-0.05, 0) is 47.0 Å². The van der Waals surface area contributed by atoms with Crippen molar-refractivity contribution in [3.05, 3.63) is 46.0 Å². The first-order chi connectivity index (χ1) is 9.13. The zero-order valence-electron chi connectivity index (χ0n) is 11.5. The maximum Gasteiger partial charge on any atom is 0.0767 e. The highest BCUT2D eigenvalue weighted by Gasteiger charge is 2.13. The standard InChI is InChI=1S/C14H19BrN4/c1-4-12-14(15)13(19(3)18-12)9-17-10(2)11-5-7-16-8-6-11/h5-8,10,17H,4,9H2,1-3H3/t10-/m0/s1. The van der Waals surface area contributed by atoms with E-state index < -0.39 is 0 Å². The molecule has 102 valence electrons. The van der Waals surface area contributed by atoms with Gasteiger partial charge in [-0.25, -0.2) is 0 Å². The first-order valence-corrected chi connectivity index (χ1v) is 7.26. The lowest BCUT2D eigenvalue weighted by atomic mass is 10.1. The van der Waals surface area contributed by atoms with Crippen molar-refractivity contribution in [2.75, 3.05) is 0 Å². The molecule has 1 N–H and O–H groups in total. The largest absolute Gasteiger partial charge is 0.305 e. The van der Waals surface area contributed by atoms with E-state index in [1.54, 1.807) is 0 Å². The normalized spacial score (nSPS) is 12.6. The Morgan fingerprint density at radius 2 is 2.05 bits per heavy atom. The highest BCUT2D eigenvalue weighted by Crippen LogP contribution is 2.22. The van der Waals surface area contributed by atoms with Crippen LogP contribution in [0, 0.1) is 0 Å². The first kappa shape index (κ1) is 14.2. The monoisotopic (exact) mass is 322 g/mol. The number of aromatic nitrogens is 3. The summed E-state index contributed by atoms with van der Waals surface area (Å²) in [6.45, 7) is 5.05. The molecule has 4 nitrogen and oxygen atoms in total. The van der Waals surface area contributed by atoms with Gasteiger partial charge in [0.2, 0.25) is 0 Å². The van der Waals surface area contributed by atoms with Crippen LogP contribution in [-0.4, -0.2) is 14.8 Å². The summed E-state index contributed by atoms with van der Waals surface area (Å²) in [4.78, 5) is 4.04. The van der Waals surface area contributed by atoms with Crippen LogP contribution in [0.4, 0.5) is 0 Å². The van der Waals surface area contributed by atoms with Crippen LogP contribution in [0.25, 0.3) is 0 Å². The van der Waals surface area contributed by atoms with E-state index in [4.69, 9.17) is 0 Å². The van der Waals surface area contributed by atoms with Gasteiger partial charge in [0.15, 0.2) is 0 Å². The van der Waals surface area contributed by atoms with E-state index in [1.165, 1.54) is 11.3 Å². The predicted octanol–water partition coefficient (Wildman–Crippen LogP) is 2.99. The Hall–Kier alpha value is -1.20. The summed E-state index contributed by atoms with van der Waals surface area (Å²) in [5.74, 6) is 0. The van der Waals surface area contributed by atoms with Gasteiger partial charge in [-0.1, -0.05) is 6.92 Å². The lowest BCUT2D eigenvalue weighted by Crippen LogP contribution is -2.20. The average molecular weight is 323 g/mol. The van der Waals surface area contributed by atoms with Gasteiger partial charge < -0.3 is 5.32 Å². The Bertz CT molecular complexity index is 536. The van der Waals surface area contributed by atoms with Gasteiger partial charge >= 0.3 is 0 Å². The fraction of sp³-hybridized carbons (Fsp3) is 0.429. The summed E-state index contributed by atoms with van der Waals surface area (Å²) in [5.41, 5.74) is 3.53. The Morgan fingerprint density at radius 3 is 2.63 bits per heavy atom. The number of nitrogens with zero attached hydrogens (tertiary/aromatic N) is 3. The molecule has 0 saturated carbocycles. The van der Waals surface area contributed by atoms with E-state index in [0.717, 1.165) is 23.1 Å². The van der Waals surface area contributed by atoms with Gasteiger partial charge in [0.25, 0.3) is 0 Å². The van der Waals surface area contributed by atoms with Crippen molar-refractivity contribution in [2.45, 2.75) is 32.9 Å². The van der Waals surface area contributed by atoms with E-state index in [9.17, 15) is 0 Å². The van der Waals surface area contributed by atoms with Crippen molar-refractivity contribution < 1.29 is 0 Å². The second-order valence-corrected chi connectivity index (χ2v) is 5.36. The van der Waals surface area contributed by atoms with Crippen molar-refractivity contribution >= 4 is 15.9 Å². The van der Waals surface area contributed by atoms with E-state index in [1.807, 2.05) is 36.3 Å². The molecule has 0 bridgehead atoms. The van der Waals surface area contributed by atoms with Gasteiger partial charge in [0.1, 0.15) is 0 Å². The van der Waals surface area contributed by atoms with Crippen LogP contribution in [0.2, 0.25) is 0 Å². The fourth-order valence-electron chi connectivity index (χ4n) is 2.03. The van der Waals surface area contributed by atoms with Crippen LogP contribution in [0.1, 0.15) is 36.8 Å². The highest BCUT2D eigenvalue weighted by molar-refractivity contribution is 9.10. The number of aryl methyl sites for hydroxylation is 2. The number of hydrogen-bond acceptors (Lipinski definition) is 3. The molecule has 2 heterocycles. The van der Waals surface area contributed by atoms with E-state index in [2.05, 4.69) is 45.2 Å². The first-order valence-electron chi connectivity index (χ1n) is 6.47. The number of pyridine rings is 1. The maximum absolute atomic E-state index is 4.50. The molecule has 0 aliphatic carbocycles. The average Bonchev–Trinajstić information content (AvgIpc) is 2.72. The molecule has 2 rings (SSSR count). The fourth-order valence-corrected chi connectivity index (χ4v) is 2.79. The highest BCUT2D eigenvalue weighted by atomic mass is 79.9. The molecule has 1 atom stereocenters. The maximum atomic E-state index is 4.50. The summed E-state index contributed by atoms with van der Waals surface area (Å²) < 4.78 is 3.06. The predicted molar refractivity (Wildman–Crippen MR) is 79.8 cm³/mol. The quantitative estimate of drug-likeness (QED) is 0.920. The summed E-state index contributed by atoms with van der Waals surface area (Å²) in [7, 11) is 1.98. The van der Waals surface area contributed by atoms with E-state index >= 15 is 0 Å². The van der Waals surface area contributed by atoms with Crippen molar-refractivity contribution in [2.24, 2.45) is 7.05 Å². The lowest BCUT2D eigenvalue weighted by molar-refractivity contribution is 0.546. The van der Waals surface area contributed by atoms with Crippen molar-refractivity contribution in [1.82, 2.24) is 20.1 Å². The van der Waals surface area contributed by atoms with Crippen LogP contribution < -0.4 is 5.32 Å². The molecule has 0 amide bonds. The van der Waals surface area contributed by atoms with Crippen LogP contribution in [0.3, 0.4) is 0 Å². The number of hydrogen-bond donors (Lipinski definition) is 1. The Labute approximate surface area is 122 Å². The van der Waals surface area contributed by atoms with E-state index in [0.29, 0.717) is 0 Å². The van der Waals surface area contributed by atoms with Crippen LogP contribution in [0.15, 0.2) is 29.0 Å². The molecule has 0 aliphatic rings. The summed E-state index contributed by atoms with van der Waals surface area (Å²) in [5, 5.41) is 8.01. The third kappa shape index (κ3) is 3.22. The zero-order valence-corrected chi connectivity index (χ0v) is 13.1. The molecule has 0 aromatic carbocycles. The van der Waals surface area contributed by atoms with Gasteiger partial charge in [-0.2, -0.15) is 5.10 Å². The van der Waals surface area contributed by atoms with E-state index in [-0.39, 0.29) is 6.04 Å². The molecule has 0 aliphatic heterocycles. The second kappa shape index (κ2) is 6.30. The molecular weight excluding hydrogens is 304 g/mol. The third-order valence-electron chi connectivity index (χ3n) is 3.28. The van der Waals surface area contributed by atoms with Gasteiger partial charge in [-0.15, -0.1) is 0 Å². The second-order valence-electron chi connectivity index (χ2n) is 4.57. The van der Waals surface area contributed by atoms with Gasteiger partial charge in [-0.3, -0.25) is 9.67 Å². The molecule has 0 spiro atoms. The van der Waals surface area contributed by atoms with Crippen LogP contribution >= 0.6 is 15.9 Å². The molecule has 0 unspecified atom stereocenters. The Balaban J connectivity index is 2.05. The Kier molecular flexibility index (Phi) is 4.71. The minimum absolute atomic E-state index is 0.287. The van der Waals surface area contributed by atoms with Crippen LogP contribution in [0.5, 0.6) is 0 Å². The summed E-state index contributed by atoms with van der Waals surface area (Å²) in [6.07, 6.45) is 4.58. The lowest BCUT2D eigenvalue weighted by Gasteiger charge is -2.14. The molecule has 2 aromatic rings. The molecule has 2 aromatic heterocycles. The Morgan fingerprint density at radius 1 is 1.37 bits per heavy atom. The minimum Gasteiger partial charge on any atom is -0.305 e. The summed E-state index contributed by atoms with van der Waals surface area (Å²) in [6, 6.07) is 4.36. The molecular formula is C14H19BrN4. The minimum atomic E-state index is 0.287. The van der Waals surface area contributed by atoms with Crippen LogP contribution in [-0.2, 0) is 20.0 Å². The zero-order chi connectivity index (χ0) is 13.8. The van der Waals surface area contributed by atoms with Gasteiger partial charge in [0.05, 0.1) is 15.9 Å². The van der Waals surface area contributed by atoms with Crippen molar-refractivity contribution in [3.63, 3.8) is 0 Å². The molecule has 5 heteroatoms. The van der Waals surface area contributed by atoms with Crippen molar-refractivity contribution in [1.29, 1.82) is 0 Å². The van der Waals surface area contributed by atoms with Gasteiger partial charge in [0, 0.05) is 32.0 Å². The smallest absolute Gasteiger partial charge is 0.0767 e. The number of halogens is 1. The molecule has 0 saturated heterocycles. The molecule has 0 fully saturated rings. The third-order valence-corrected chi connectivity index (χ3v) is 4.20. The number of rotatable bonds is 5. The SMILES string of the molecule is CCc1nn(C)c(CN[C@@H](C)c2ccncc2)c1Br. The number of nitrogens with one attached hydrogen (secondary N) is 1. The van der Waals surface area contributed by atoms with Crippen molar-refractivity contribution in [3.8, 4) is 0 Å². The molecule has 0 radical (unpaired) electrons. The summed E-state index contributed by atoms with van der Waals surface area (Å²) >= 11 is 3.64. The molecule has 19 heavy (non-hydrogen) atoms. The topological polar surface area (TPSA) is 42.7 Å².